The predicted molar refractivity (Wildman–Crippen MR) is 104 cm³/mol. The highest BCUT2D eigenvalue weighted by Gasteiger charge is 2.31. The van der Waals surface area contributed by atoms with E-state index in [-0.39, 0.29) is 17.4 Å². The first-order valence-corrected chi connectivity index (χ1v) is 10.6. The molecule has 2 rings (SSSR count). The van der Waals surface area contributed by atoms with Crippen molar-refractivity contribution in [1.82, 2.24) is 14.5 Å². The number of rotatable bonds is 5. The van der Waals surface area contributed by atoms with E-state index in [4.69, 9.17) is 0 Å². The molecule has 1 heterocycles. The molecular weight excluding hydrogens is 350 g/mol. The minimum Gasteiger partial charge on any atom is -0.355 e. The highest BCUT2D eigenvalue weighted by molar-refractivity contribution is 7.89. The molecule has 1 atom stereocenters. The van der Waals surface area contributed by atoms with E-state index in [9.17, 15) is 13.2 Å². The fourth-order valence-electron chi connectivity index (χ4n) is 3.09. The van der Waals surface area contributed by atoms with Crippen molar-refractivity contribution in [2.24, 2.45) is 0 Å². The summed E-state index contributed by atoms with van der Waals surface area (Å²) >= 11 is 0. The van der Waals surface area contributed by atoms with Crippen LogP contribution < -0.4 is 5.32 Å². The highest BCUT2D eigenvalue weighted by Crippen LogP contribution is 2.25. The normalized spacial score (nSPS) is 18.5. The van der Waals surface area contributed by atoms with E-state index in [0.717, 1.165) is 5.56 Å². The maximum atomic E-state index is 12.9. The lowest BCUT2D eigenvalue weighted by molar-refractivity contribution is -0.126. The molecule has 1 aliphatic heterocycles. The van der Waals surface area contributed by atoms with Gasteiger partial charge in [-0.05, 0) is 37.0 Å². The average molecular weight is 382 g/mol. The Morgan fingerprint density at radius 1 is 1.12 bits per heavy atom. The van der Waals surface area contributed by atoms with E-state index in [1.807, 2.05) is 30.9 Å². The number of nitrogens with zero attached hydrogens (tertiary/aromatic N) is 2. The van der Waals surface area contributed by atoms with Crippen molar-refractivity contribution in [3.63, 3.8) is 0 Å². The molecule has 0 spiro atoms. The van der Waals surface area contributed by atoms with Gasteiger partial charge in [0.05, 0.1) is 10.9 Å². The van der Waals surface area contributed by atoms with Crippen LogP contribution in [-0.4, -0.2) is 62.3 Å². The number of piperazine rings is 1. The van der Waals surface area contributed by atoms with Gasteiger partial charge in [-0.2, -0.15) is 4.31 Å². The first-order valence-electron chi connectivity index (χ1n) is 9.20. The summed E-state index contributed by atoms with van der Waals surface area (Å²) in [6.07, 6.45) is 0. The highest BCUT2D eigenvalue weighted by atomic mass is 32.2. The zero-order valence-electron chi connectivity index (χ0n) is 16.4. The second-order valence-corrected chi connectivity index (χ2v) is 9.72. The maximum absolute atomic E-state index is 12.9. The van der Waals surface area contributed by atoms with Crippen LogP contribution in [0.4, 0.5) is 0 Å². The number of nitrogens with one attached hydrogen (secondary N) is 1. The number of hydrogen-bond donors (Lipinski definition) is 1. The van der Waals surface area contributed by atoms with E-state index in [2.05, 4.69) is 26.1 Å². The predicted octanol–water partition coefficient (Wildman–Crippen LogP) is 1.81. The molecule has 1 N–H and O–H groups in total. The van der Waals surface area contributed by atoms with Gasteiger partial charge in [0, 0.05) is 32.7 Å². The zero-order chi connectivity index (χ0) is 19.5. The van der Waals surface area contributed by atoms with E-state index >= 15 is 0 Å². The molecule has 1 aromatic carbocycles. The molecule has 146 valence electrons. The van der Waals surface area contributed by atoms with Crippen molar-refractivity contribution in [3.8, 4) is 0 Å². The Balaban J connectivity index is 2.05. The summed E-state index contributed by atoms with van der Waals surface area (Å²) < 4.78 is 27.3. The van der Waals surface area contributed by atoms with Gasteiger partial charge in [0.25, 0.3) is 0 Å². The molecule has 1 aromatic rings. The Morgan fingerprint density at radius 2 is 1.65 bits per heavy atom. The van der Waals surface area contributed by atoms with Gasteiger partial charge in [0.1, 0.15) is 0 Å². The molecule has 1 amide bonds. The Hall–Kier alpha value is -1.44. The van der Waals surface area contributed by atoms with Gasteiger partial charge in [-0.15, -0.1) is 0 Å². The summed E-state index contributed by atoms with van der Waals surface area (Å²) in [7, 11) is -3.50. The van der Waals surface area contributed by atoms with E-state index < -0.39 is 10.0 Å². The number of carbonyl (C=O) groups excluding carboxylic acids is 1. The molecule has 0 bridgehead atoms. The summed E-state index contributed by atoms with van der Waals surface area (Å²) in [6.45, 7) is 12.6. The summed E-state index contributed by atoms with van der Waals surface area (Å²) in [5, 5.41) is 2.81. The third-order valence-corrected chi connectivity index (χ3v) is 6.82. The van der Waals surface area contributed by atoms with E-state index in [0.29, 0.717) is 37.6 Å². The van der Waals surface area contributed by atoms with Gasteiger partial charge >= 0.3 is 0 Å². The largest absolute Gasteiger partial charge is 0.355 e. The third kappa shape index (κ3) is 4.64. The first kappa shape index (κ1) is 20.9. The van der Waals surface area contributed by atoms with Crippen molar-refractivity contribution < 1.29 is 13.2 Å². The van der Waals surface area contributed by atoms with Crippen LogP contribution >= 0.6 is 0 Å². The van der Waals surface area contributed by atoms with Gasteiger partial charge < -0.3 is 5.32 Å². The fraction of sp³-hybridized carbons (Fsp3) is 0.632. The number of sulfonamides is 1. The molecule has 1 aliphatic rings. The number of likely N-dealkylation sites (N-methyl/N-ethyl adjacent to an activating group) is 1. The SMILES string of the molecule is CCNC(=O)C(C)N1CCN(S(=O)(=O)c2ccc(C(C)(C)C)cc2)CC1. The molecule has 0 radical (unpaired) electrons. The van der Waals surface area contributed by atoms with Crippen LogP contribution in [0.15, 0.2) is 29.2 Å². The van der Waals surface area contributed by atoms with Crippen LogP contribution in [0, 0.1) is 0 Å². The van der Waals surface area contributed by atoms with Gasteiger partial charge in [0.15, 0.2) is 0 Å². The minimum absolute atomic E-state index is 0.0108. The molecule has 6 nitrogen and oxygen atoms in total. The van der Waals surface area contributed by atoms with Gasteiger partial charge in [-0.3, -0.25) is 9.69 Å². The second-order valence-electron chi connectivity index (χ2n) is 7.78. The Bertz CT molecular complexity index is 715. The lowest BCUT2D eigenvalue weighted by Crippen LogP contribution is -2.54. The molecule has 1 saturated heterocycles. The topological polar surface area (TPSA) is 69.7 Å². The molecule has 26 heavy (non-hydrogen) atoms. The van der Waals surface area contributed by atoms with Crippen LogP contribution in [0.3, 0.4) is 0 Å². The summed E-state index contributed by atoms with van der Waals surface area (Å²) in [5.74, 6) is -0.0124. The van der Waals surface area contributed by atoms with E-state index in [1.165, 1.54) is 4.31 Å². The van der Waals surface area contributed by atoms with E-state index in [1.54, 1.807) is 12.1 Å². The van der Waals surface area contributed by atoms with Crippen molar-refractivity contribution >= 4 is 15.9 Å². The van der Waals surface area contributed by atoms with Crippen molar-refractivity contribution in [3.05, 3.63) is 29.8 Å². The van der Waals surface area contributed by atoms with Gasteiger partial charge in [-0.25, -0.2) is 8.42 Å². The molecule has 1 fully saturated rings. The standard InChI is InChI=1S/C19H31N3O3S/c1-6-20-18(23)15(2)21-11-13-22(14-12-21)26(24,25)17-9-7-16(8-10-17)19(3,4)5/h7-10,15H,6,11-14H2,1-5H3,(H,20,23). The van der Waals surface area contributed by atoms with Crippen LogP contribution in [0.25, 0.3) is 0 Å². The molecule has 7 heteroatoms. The maximum Gasteiger partial charge on any atom is 0.243 e. The third-order valence-electron chi connectivity index (χ3n) is 4.91. The molecular formula is C19H31N3O3S. The Labute approximate surface area is 157 Å². The average Bonchev–Trinajstić information content (AvgIpc) is 2.60. The lowest BCUT2D eigenvalue weighted by atomic mass is 9.87. The van der Waals surface area contributed by atoms with Crippen LogP contribution in [0.1, 0.15) is 40.2 Å². The smallest absolute Gasteiger partial charge is 0.243 e. The molecule has 1 unspecified atom stereocenters. The zero-order valence-corrected chi connectivity index (χ0v) is 17.3. The Kier molecular flexibility index (Phi) is 6.47. The van der Waals surface area contributed by atoms with Crippen molar-refractivity contribution in [1.29, 1.82) is 0 Å². The minimum atomic E-state index is -3.50. The molecule has 0 aromatic heterocycles. The Morgan fingerprint density at radius 3 is 2.12 bits per heavy atom. The number of amides is 1. The summed E-state index contributed by atoms with van der Waals surface area (Å²) in [6, 6.07) is 6.92. The molecule has 0 aliphatic carbocycles. The van der Waals surface area contributed by atoms with Crippen molar-refractivity contribution in [2.45, 2.75) is 51.0 Å². The number of benzene rings is 1. The number of hydrogen-bond acceptors (Lipinski definition) is 4. The monoisotopic (exact) mass is 381 g/mol. The van der Waals surface area contributed by atoms with Crippen LogP contribution in [-0.2, 0) is 20.2 Å². The van der Waals surface area contributed by atoms with Gasteiger partial charge in [0.2, 0.25) is 15.9 Å². The summed E-state index contributed by atoms with van der Waals surface area (Å²) in [5.41, 5.74) is 1.10. The lowest BCUT2D eigenvalue weighted by Gasteiger charge is -2.36. The fourth-order valence-corrected chi connectivity index (χ4v) is 4.52. The van der Waals surface area contributed by atoms with Gasteiger partial charge in [-0.1, -0.05) is 32.9 Å². The second kappa shape index (κ2) is 8.06. The van der Waals surface area contributed by atoms with Crippen molar-refractivity contribution in [2.75, 3.05) is 32.7 Å². The molecule has 0 saturated carbocycles. The van der Waals surface area contributed by atoms with Crippen LogP contribution in [0.2, 0.25) is 0 Å². The van der Waals surface area contributed by atoms with Crippen LogP contribution in [0.5, 0.6) is 0 Å². The quantitative estimate of drug-likeness (QED) is 0.845. The first-order chi connectivity index (χ1) is 12.1. The number of carbonyl (C=O) groups is 1. The summed E-state index contributed by atoms with van der Waals surface area (Å²) in [4.78, 5) is 14.3.